The number of halogens is 2. The molecule has 5 rings (SSSR count). The summed E-state index contributed by atoms with van der Waals surface area (Å²) in [5, 5.41) is 0.579. The van der Waals surface area contributed by atoms with E-state index >= 15 is 0 Å². The third-order valence-electron chi connectivity index (χ3n) is 7.72. The van der Waals surface area contributed by atoms with E-state index in [-0.39, 0.29) is 27.0 Å². The van der Waals surface area contributed by atoms with Gasteiger partial charge in [-0.15, -0.1) is 4.72 Å². The van der Waals surface area contributed by atoms with Crippen molar-refractivity contribution in [2.45, 2.75) is 70.6 Å². The van der Waals surface area contributed by atoms with Crippen LogP contribution in [0, 0.1) is 12.3 Å². The number of aryl methyl sites for hydroxylation is 1. The fraction of sp³-hybridized carbons (Fsp3) is 0.560. The highest BCUT2D eigenvalue weighted by molar-refractivity contribution is 7.90. The van der Waals surface area contributed by atoms with E-state index in [1.807, 2.05) is 38.3 Å². The molecule has 3 N–H and O–H groups in total. The van der Waals surface area contributed by atoms with Crippen LogP contribution in [0.25, 0.3) is 16.8 Å². The smallest absolute Gasteiger partial charge is 0.211 e. The molecule has 1 unspecified atom stereocenters. The van der Waals surface area contributed by atoms with Crippen molar-refractivity contribution in [1.29, 1.82) is 0 Å². The monoisotopic (exact) mass is 549 g/mol. The lowest BCUT2D eigenvalue weighted by Crippen LogP contribution is -2.53. The molecule has 1 saturated carbocycles. The molecule has 1 aliphatic heterocycles. The first-order chi connectivity index (χ1) is 17.0. The molecule has 194 valence electrons. The van der Waals surface area contributed by atoms with E-state index in [4.69, 9.17) is 33.9 Å². The van der Waals surface area contributed by atoms with Crippen LogP contribution in [0.1, 0.15) is 58.6 Å². The van der Waals surface area contributed by atoms with Gasteiger partial charge in [-0.25, -0.2) is 15.0 Å². The van der Waals surface area contributed by atoms with Gasteiger partial charge >= 0.3 is 0 Å². The topological polar surface area (TPSA) is 107 Å². The van der Waals surface area contributed by atoms with Gasteiger partial charge in [0.25, 0.3) is 0 Å². The molecule has 11 heteroatoms. The van der Waals surface area contributed by atoms with E-state index in [1.54, 1.807) is 12.4 Å². The second-order valence-electron chi connectivity index (χ2n) is 11.0. The third kappa shape index (κ3) is 4.43. The number of nitrogens with one attached hydrogen (secondary N) is 1. The van der Waals surface area contributed by atoms with Gasteiger partial charge in [0.05, 0.1) is 16.8 Å². The minimum Gasteiger partial charge on any atom is -0.598 e. The molecule has 1 saturated heterocycles. The Balaban J connectivity index is 1.42. The van der Waals surface area contributed by atoms with Gasteiger partial charge in [0, 0.05) is 54.2 Å². The van der Waals surface area contributed by atoms with Gasteiger partial charge in [-0.05, 0) is 58.8 Å². The SMILES string of the molecule is Cc1nc(N2CCC3(CCC[C@H]3N[S+]([O-])C(C)(C)C)CC2)n2ccnc2c1-c1cnc(N)c(Cl)c1Cl. The zero-order valence-electron chi connectivity index (χ0n) is 21.1. The van der Waals surface area contributed by atoms with Crippen molar-refractivity contribution in [3.05, 3.63) is 34.3 Å². The van der Waals surface area contributed by atoms with E-state index in [9.17, 15) is 4.55 Å². The van der Waals surface area contributed by atoms with Crippen molar-refractivity contribution < 1.29 is 4.55 Å². The number of hydrogen-bond donors (Lipinski definition) is 2. The molecule has 2 aliphatic rings. The van der Waals surface area contributed by atoms with Crippen molar-refractivity contribution in [3.8, 4) is 11.1 Å². The number of piperidine rings is 1. The molecule has 0 radical (unpaired) electrons. The fourth-order valence-corrected chi connectivity index (χ4v) is 7.01. The second-order valence-corrected chi connectivity index (χ2v) is 13.7. The zero-order valence-corrected chi connectivity index (χ0v) is 23.5. The lowest BCUT2D eigenvalue weighted by Gasteiger charge is -2.44. The molecule has 3 aromatic rings. The van der Waals surface area contributed by atoms with E-state index in [0.29, 0.717) is 10.6 Å². The first-order valence-electron chi connectivity index (χ1n) is 12.4. The summed E-state index contributed by atoms with van der Waals surface area (Å²) in [6.45, 7) is 9.80. The molecule has 8 nitrogen and oxygen atoms in total. The van der Waals surface area contributed by atoms with Gasteiger partial charge in [-0.2, -0.15) is 0 Å². The van der Waals surface area contributed by atoms with Gasteiger partial charge < -0.3 is 15.2 Å². The van der Waals surface area contributed by atoms with Crippen LogP contribution in [0.5, 0.6) is 0 Å². The maximum atomic E-state index is 12.8. The Morgan fingerprint density at radius 1 is 1.17 bits per heavy atom. The lowest BCUT2D eigenvalue weighted by atomic mass is 9.74. The molecule has 2 fully saturated rings. The van der Waals surface area contributed by atoms with Crippen molar-refractivity contribution in [1.82, 2.24) is 24.1 Å². The molecule has 0 bridgehead atoms. The summed E-state index contributed by atoms with van der Waals surface area (Å²) in [6.07, 6.45) is 10.8. The van der Waals surface area contributed by atoms with Gasteiger partial charge in [0.2, 0.25) is 5.95 Å². The first-order valence-corrected chi connectivity index (χ1v) is 14.3. The van der Waals surface area contributed by atoms with Gasteiger partial charge in [0.15, 0.2) is 0 Å². The summed E-state index contributed by atoms with van der Waals surface area (Å²) in [6, 6.07) is 0.287. The average Bonchev–Trinajstić information content (AvgIpc) is 3.46. The number of pyridine rings is 1. The number of rotatable bonds is 4. The quantitative estimate of drug-likeness (QED) is 0.431. The lowest BCUT2D eigenvalue weighted by molar-refractivity contribution is 0.186. The third-order valence-corrected chi connectivity index (χ3v) is 10.2. The standard InChI is InChI=1S/C25H33Cl2N7OS/c1-15-18(16-14-30-21(28)20(27)19(16)26)22-29-10-13-34(22)23(31-15)33-11-8-25(9-12-33)7-5-6-17(25)32-36(35)24(2,3)4/h10,13-14,17,32H,5-9,11-12H2,1-4H3,(H2,28,30)/t17-,36?/m1/s1. The van der Waals surface area contributed by atoms with Crippen molar-refractivity contribution in [2.75, 3.05) is 23.7 Å². The van der Waals surface area contributed by atoms with Gasteiger partial charge in [-0.1, -0.05) is 29.6 Å². The van der Waals surface area contributed by atoms with E-state index < -0.39 is 11.4 Å². The number of hydrogen-bond acceptors (Lipinski definition) is 7. The van der Waals surface area contributed by atoms with Crippen LogP contribution in [-0.4, -0.2) is 47.8 Å². The summed E-state index contributed by atoms with van der Waals surface area (Å²) in [4.78, 5) is 16.2. The maximum absolute atomic E-state index is 12.8. The summed E-state index contributed by atoms with van der Waals surface area (Å²) < 4.78 is 18.1. The van der Waals surface area contributed by atoms with Crippen molar-refractivity contribution >= 4 is 52.0 Å². The van der Waals surface area contributed by atoms with Crippen LogP contribution in [-0.2, 0) is 11.4 Å². The minimum atomic E-state index is -1.06. The Hall–Kier alpha value is -1.78. The first kappa shape index (κ1) is 25.9. The normalized spacial score (nSPS) is 21.0. The predicted molar refractivity (Wildman–Crippen MR) is 148 cm³/mol. The highest BCUT2D eigenvalue weighted by Gasteiger charge is 2.48. The Labute approximate surface area is 225 Å². The molecular weight excluding hydrogens is 517 g/mol. The number of imidazole rings is 1. The van der Waals surface area contributed by atoms with Crippen LogP contribution in [0.3, 0.4) is 0 Å². The molecule has 0 amide bonds. The number of anilines is 2. The van der Waals surface area contributed by atoms with Gasteiger partial charge in [-0.3, -0.25) is 4.40 Å². The average molecular weight is 551 g/mol. The molecule has 2 atom stereocenters. The minimum absolute atomic E-state index is 0.181. The molecule has 4 heterocycles. The number of fused-ring (bicyclic) bond motifs is 1. The molecule has 1 aliphatic carbocycles. The van der Waals surface area contributed by atoms with Gasteiger partial charge in [0.1, 0.15) is 21.2 Å². The molecule has 0 aromatic carbocycles. The van der Waals surface area contributed by atoms with E-state index in [1.165, 1.54) is 12.8 Å². The summed E-state index contributed by atoms with van der Waals surface area (Å²) in [7, 11) is 0. The van der Waals surface area contributed by atoms with Crippen LogP contribution in [0.15, 0.2) is 18.6 Å². The summed E-state index contributed by atoms with van der Waals surface area (Å²) in [5.41, 5.74) is 9.02. The van der Waals surface area contributed by atoms with Crippen molar-refractivity contribution in [3.63, 3.8) is 0 Å². The Morgan fingerprint density at radius 3 is 2.58 bits per heavy atom. The summed E-state index contributed by atoms with van der Waals surface area (Å²) in [5.74, 6) is 1.06. The Bertz CT molecular complexity index is 1280. The molecular formula is C25H33Cl2N7OS. The molecule has 1 spiro atoms. The number of nitrogen functional groups attached to an aromatic ring is 1. The summed E-state index contributed by atoms with van der Waals surface area (Å²) >= 11 is 11.8. The van der Waals surface area contributed by atoms with Crippen LogP contribution in [0.4, 0.5) is 11.8 Å². The fourth-order valence-electron chi connectivity index (χ4n) is 5.64. The zero-order chi connectivity index (χ0) is 25.8. The Kier molecular flexibility index (Phi) is 6.83. The van der Waals surface area contributed by atoms with Crippen molar-refractivity contribution in [2.24, 2.45) is 5.41 Å². The largest absolute Gasteiger partial charge is 0.598 e. The number of aromatic nitrogens is 4. The second kappa shape index (κ2) is 9.51. The van der Waals surface area contributed by atoms with E-state index in [2.05, 4.69) is 19.6 Å². The number of nitrogens with two attached hydrogens (primary N) is 1. The van der Waals surface area contributed by atoms with Crippen LogP contribution < -0.4 is 15.4 Å². The van der Waals surface area contributed by atoms with Crippen LogP contribution >= 0.6 is 23.2 Å². The molecule has 3 aromatic heterocycles. The van der Waals surface area contributed by atoms with Crippen LogP contribution in [0.2, 0.25) is 10.0 Å². The Morgan fingerprint density at radius 2 is 1.89 bits per heavy atom. The predicted octanol–water partition coefficient (Wildman–Crippen LogP) is 5.18. The number of nitrogens with zero attached hydrogens (tertiary/aromatic N) is 5. The molecule has 36 heavy (non-hydrogen) atoms. The highest BCUT2D eigenvalue weighted by Crippen LogP contribution is 2.48. The van der Waals surface area contributed by atoms with E-state index in [0.717, 1.165) is 55.2 Å². The highest BCUT2D eigenvalue weighted by atomic mass is 35.5. The maximum Gasteiger partial charge on any atom is 0.211 e.